The third-order valence-corrected chi connectivity index (χ3v) is 6.61. The van der Waals surface area contributed by atoms with Crippen molar-refractivity contribution in [2.75, 3.05) is 26.7 Å². The molecule has 0 bridgehead atoms. The molecule has 2 atom stereocenters. The van der Waals surface area contributed by atoms with E-state index in [0.717, 1.165) is 5.56 Å². The van der Waals surface area contributed by atoms with Gasteiger partial charge in [-0.05, 0) is 37.2 Å². The van der Waals surface area contributed by atoms with E-state index in [9.17, 15) is 19.2 Å². The number of hydrogen-bond acceptors (Lipinski definition) is 7. The maximum absolute atomic E-state index is 12.9. The number of rotatable bonds is 3. The molecule has 5 rings (SSSR count). The molecule has 3 aliphatic heterocycles. The van der Waals surface area contributed by atoms with Gasteiger partial charge in [0.15, 0.2) is 5.69 Å². The Morgan fingerprint density at radius 2 is 2.06 bits per heavy atom. The SMILES string of the molecule is C#CC1CN(C(=O)c2cn(-c3ccc4c(c3)CN(C3CCC(=O)NC3=O)C4=O)nn2)CCN1C. The lowest BCUT2D eigenvalue weighted by Gasteiger charge is -2.36. The second kappa shape index (κ2) is 8.39. The second-order valence-electron chi connectivity index (χ2n) is 8.70. The highest BCUT2D eigenvalue weighted by Gasteiger charge is 2.39. The lowest BCUT2D eigenvalue weighted by Crippen LogP contribution is -2.52. The van der Waals surface area contributed by atoms with E-state index >= 15 is 0 Å². The highest BCUT2D eigenvalue weighted by Crippen LogP contribution is 2.29. The van der Waals surface area contributed by atoms with Gasteiger partial charge >= 0.3 is 0 Å². The van der Waals surface area contributed by atoms with Crippen LogP contribution in [0.1, 0.15) is 39.3 Å². The van der Waals surface area contributed by atoms with Crippen molar-refractivity contribution in [3.63, 3.8) is 0 Å². The number of nitrogens with zero attached hydrogens (tertiary/aromatic N) is 6. The van der Waals surface area contributed by atoms with Crippen LogP contribution < -0.4 is 5.32 Å². The van der Waals surface area contributed by atoms with Gasteiger partial charge in [-0.2, -0.15) is 0 Å². The van der Waals surface area contributed by atoms with Crippen LogP contribution >= 0.6 is 0 Å². The Hall–Kier alpha value is -4.04. The van der Waals surface area contributed by atoms with E-state index in [4.69, 9.17) is 6.42 Å². The summed E-state index contributed by atoms with van der Waals surface area (Å²) in [5, 5.41) is 10.4. The maximum atomic E-state index is 12.9. The highest BCUT2D eigenvalue weighted by atomic mass is 16.2. The third kappa shape index (κ3) is 3.72. The molecule has 1 aromatic carbocycles. The summed E-state index contributed by atoms with van der Waals surface area (Å²) in [5.41, 5.74) is 2.10. The molecule has 4 heterocycles. The summed E-state index contributed by atoms with van der Waals surface area (Å²) in [7, 11) is 1.93. The van der Waals surface area contributed by atoms with E-state index in [-0.39, 0.29) is 42.4 Å². The minimum absolute atomic E-state index is 0.144. The lowest BCUT2D eigenvalue weighted by atomic mass is 10.0. The molecule has 1 aromatic heterocycles. The monoisotopic (exact) mass is 461 g/mol. The number of benzene rings is 1. The standard InChI is InChI=1S/C23H23N7O4/c1-3-15-12-28(9-8-27(15)2)23(34)18-13-30(26-25-18)16-4-5-17-14(10-16)11-29(22(17)33)19-6-7-20(31)24-21(19)32/h1,4-5,10,13,15,19H,6-9,11-12H2,2H3,(H,24,31,32). The number of amides is 4. The van der Waals surface area contributed by atoms with Gasteiger partial charge in [0.05, 0.1) is 17.9 Å². The molecule has 0 spiro atoms. The van der Waals surface area contributed by atoms with E-state index in [2.05, 4.69) is 21.5 Å². The van der Waals surface area contributed by atoms with Gasteiger partial charge in [0.25, 0.3) is 11.8 Å². The zero-order valence-electron chi connectivity index (χ0n) is 18.6. The topological polar surface area (TPSA) is 121 Å². The van der Waals surface area contributed by atoms with Crippen molar-refractivity contribution >= 4 is 23.6 Å². The van der Waals surface area contributed by atoms with Crippen LogP contribution in [-0.4, -0.2) is 92.1 Å². The maximum Gasteiger partial charge on any atom is 0.276 e. The molecule has 2 unspecified atom stereocenters. The van der Waals surface area contributed by atoms with Crippen molar-refractivity contribution in [3.8, 4) is 18.0 Å². The Bertz CT molecular complexity index is 1250. The quantitative estimate of drug-likeness (QED) is 0.479. The third-order valence-electron chi connectivity index (χ3n) is 6.61. The summed E-state index contributed by atoms with van der Waals surface area (Å²) in [6.07, 6.45) is 7.64. The molecule has 3 aliphatic rings. The van der Waals surface area contributed by atoms with Gasteiger partial charge in [-0.15, -0.1) is 11.5 Å². The number of carbonyl (C=O) groups excluding carboxylic acids is 4. The van der Waals surface area contributed by atoms with Crippen molar-refractivity contribution < 1.29 is 19.2 Å². The molecule has 11 heteroatoms. The Balaban J connectivity index is 1.33. The average molecular weight is 461 g/mol. The number of nitrogens with one attached hydrogen (secondary N) is 1. The first kappa shape index (κ1) is 21.8. The van der Waals surface area contributed by atoms with E-state index in [1.165, 1.54) is 9.58 Å². The second-order valence-corrected chi connectivity index (χ2v) is 8.70. The van der Waals surface area contributed by atoms with Gasteiger partial charge in [0.1, 0.15) is 6.04 Å². The van der Waals surface area contributed by atoms with Crippen molar-refractivity contribution in [2.24, 2.45) is 0 Å². The lowest BCUT2D eigenvalue weighted by molar-refractivity contribution is -0.136. The van der Waals surface area contributed by atoms with E-state index in [1.54, 1.807) is 29.3 Å². The highest BCUT2D eigenvalue weighted by molar-refractivity contribution is 6.05. The van der Waals surface area contributed by atoms with Crippen molar-refractivity contribution in [3.05, 3.63) is 41.2 Å². The minimum Gasteiger partial charge on any atom is -0.333 e. The molecular weight excluding hydrogens is 438 g/mol. The molecule has 11 nitrogen and oxygen atoms in total. The first-order chi connectivity index (χ1) is 16.4. The van der Waals surface area contributed by atoms with Crippen molar-refractivity contribution in [1.82, 2.24) is 35.0 Å². The Morgan fingerprint density at radius 1 is 1.24 bits per heavy atom. The molecule has 0 radical (unpaired) electrons. The smallest absolute Gasteiger partial charge is 0.276 e. The van der Waals surface area contributed by atoms with Crippen molar-refractivity contribution in [1.29, 1.82) is 0 Å². The van der Waals surface area contributed by atoms with Crippen LogP contribution in [0.5, 0.6) is 0 Å². The fourth-order valence-electron chi connectivity index (χ4n) is 4.59. The molecular formula is C23H23N7O4. The largest absolute Gasteiger partial charge is 0.333 e. The van der Waals surface area contributed by atoms with Gasteiger partial charge in [0, 0.05) is 38.2 Å². The number of imide groups is 1. The number of piperidine rings is 1. The fourth-order valence-corrected chi connectivity index (χ4v) is 4.59. The Labute approximate surface area is 195 Å². The summed E-state index contributed by atoms with van der Waals surface area (Å²) in [6, 6.07) is 4.38. The average Bonchev–Trinajstić information content (AvgIpc) is 3.44. The molecule has 2 saturated heterocycles. The van der Waals surface area contributed by atoms with E-state index < -0.39 is 11.9 Å². The van der Waals surface area contributed by atoms with Crippen molar-refractivity contribution in [2.45, 2.75) is 31.5 Å². The molecule has 174 valence electrons. The minimum atomic E-state index is -0.674. The number of likely N-dealkylation sites (N-methyl/N-ethyl adjacent to an activating group) is 1. The van der Waals surface area contributed by atoms with E-state index in [1.807, 2.05) is 11.9 Å². The van der Waals surface area contributed by atoms with Crippen LogP contribution in [0.15, 0.2) is 24.4 Å². The number of carbonyl (C=O) groups is 4. The first-order valence-electron chi connectivity index (χ1n) is 11.0. The predicted molar refractivity (Wildman–Crippen MR) is 119 cm³/mol. The zero-order valence-corrected chi connectivity index (χ0v) is 18.6. The first-order valence-corrected chi connectivity index (χ1v) is 11.0. The van der Waals surface area contributed by atoms with Gasteiger partial charge < -0.3 is 9.80 Å². The summed E-state index contributed by atoms with van der Waals surface area (Å²) in [6.45, 7) is 1.91. The number of hydrogen-bond donors (Lipinski definition) is 1. The van der Waals surface area contributed by atoms with Gasteiger partial charge in [-0.1, -0.05) is 11.1 Å². The molecule has 1 N–H and O–H groups in total. The molecule has 2 fully saturated rings. The van der Waals surface area contributed by atoms with Crippen LogP contribution in [0.25, 0.3) is 5.69 Å². The normalized spacial score (nSPS) is 23.0. The zero-order chi connectivity index (χ0) is 24.0. The van der Waals surface area contributed by atoms with Crippen LogP contribution in [0.3, 0.4) is 0 Å². The number of piperazine rings is 1. The summed E-state index contributed by atoms with van der Waals surface area (Å²) in [4.78, 5) is 54.7. The van der Waals surface area contributed by atoms with Gasteiger partial charge in [0.2, 0.25) is 11.8 Å². The molecule has 34 heavy (non-hydrogen) atoms. The molecule has 0 aliphatic carbocycles. The van der Waals surface area contributed by atoms with Crippen LogP contribution in [0, 0.1) is 12.3 Å². The van der Waals surface area contributed by atoms with E-state index in [0.29, 0.717) is 37.3 Å². The number of aromatic nitrogens is 3. The summed E-state index contributed by atoms with van der Waals surface area (Å²) >= 11 is 0. The fraction of sp³-hybridized carbons (Fsp3) is 0.391. The summed E-state index contributed by atoms with van der Waals surface area (Å²) < 4.78 is 1.49. The van der Waals surface area contributed by atoms with Crippen LogP contribution in [0.4, 0.5) is 0 Å². The molecule has 4 amide bonds. The van der Waals surface area contributed by atoms with Gasteiger partial charge in [-0.3, -0.25) is 29.4 Å². The summed E-state index contributed by atoms with van der Waals surface area (Å²) in [5.74, 6) is 1.44. The Morgan fingerprint density at radius 3 is 2.82 bits per heavy atom. The number of terminal acetylenes is 1. The molecule has 2 aromatic rings. The van der Waals surface area contributed by atoms with Gasteiger partial charge in [-0.25, -0.2) is 4.68 Å². The molecule has 0 saturated carbocycles. The van der Waals surface area contributed by atoms with Crippen LogP contribution in [0.2, 0.25) is 0 Å². The number of fused-ring (bicyclic) bond motifs is 1. The predicted octanol–water partition coefficient (Wildman–Crippen LogP) is -0.582. The Kier molecular flexibility index (Phi) is 5.37. The van der Waals surface area contributed by atoms with Crippen LogP contribution in [-0.2, 0) is 16.1 Å².